The molecule has 5 nitrogen and oxygen atoms in total. The molecule has 0 radical (unpaired) electrons. The van der Waals surface area contributed by atoms with Crippen LogP contribution in [0.3, 0.4) is 0 Å². The second-order valence-electron chi connectivity index (χ2n) is 6.04. The van der Waals surface area contributed by atoms with Crippen molar-refractivity contribution >= 4 is 10.0 Å². The Morgan fingerprint density at radius 1 is 1.32 bits per heavy atom. The van der Waals surface area contributed by atoms with Gasteiger partial charge in [-0.25, -0.2) is 13.1 Å². The van der Waals surface area contributed by atoms with Gasteiger partial charge in [-0.1, -0.05) is 0 Å². The molecule has 1 aliphatic heterocycles. The van der Waals surface area contributed by atoms with Crippen molar-refractivity contribution in [1.29, 1.82) is 0 Å². The largest absolute Gasteiger partial charge is 0.376 e. The van der Waals surface area contributed by atoms with E-state index < -0.39 is 15.6 Å². The summed E-state index contributed by atoms with van der Waals surface area (Å²) in [4.78, 5) is 0. The highest BCUT2D eigenvalue weighted by atomic mass is 32.2. The molecular formula is C13H26N2O3S. The second-order valence-corrected chi connectivity index (χ2v) is 7.88. The first-order chi connectivity index (χ1) is 8.91. The fraction of sp³-hybridized carbons (Fsp3) is 1.00. The first-order valence-corrected chi connectivity index (χ1v) is 8.93. The average Bonchev–Trinajstić information content (AvgIpc) is 3.06. The lowest BCUT2D eigenvalue weighted by molar-refractivity contribution is 0.0957. The second kappa shape index (κ2) is 6.08. The first kappa shape index (κ1) is 15.2. The van der Waals surface area contributed by atoms with E-state index in [2.05, 4.69) is 10.0 Å². The van der Waals surface area contributed by atoms with Crippen LogP contribution in [0, 0.1) is 0 Å². The molecule has 0 aromatic rings. The molecule has 0 bridgehead atoms. The lowest BCUT2D eigenvalue weighted by Gasteiger charge is -2.28. The Morgan fingerprint density at radius 3 is 2.63 bits per heavy atom. The molecule has 2 atom stereocenters. The van der Waals surface area contributed by atoms with Crippen LogP contribution in [-0.2, 0) is 14.8 Å². The van der Waals surface area contributed by atoms with Gasteiger partial charge in [0.05, 0.1) is 17.4 Å². The standard InChI is InChI=1S/C13H26N2O3S/c1-11-13(2,7-9-18-11)15-19(16,17)10-4-3-8-14-12-5-6-12/h11-12,14-15H,3-10H2,1-2H3. The third-order valence-corrected chi connectivity index (χ3v) is 5.73. The van der Waals surface area contributed by atoms with E-state index in [0.717, 1.165) is 19.4 Å². The molecule has 1 heterocycles. The molecule has 2 unspecified atom stereocenters. The van der Waals surface area contributed by atoms with Gasteiger partial charge in [-0.15, -0.1) is 0 Å². The molecule has 0 spiro atoms. The number of sulfonamides is 1. The maximum absolute atomic E-state index is 12.1. The Kier molecular flexibility index (Phi) is 4.87. The van der Waals surface area contributed by atoms with Gasteiger partial charge >= 0.3 is 0 Å². The van der Waals surface area contributed by atoms with E-state index in [0.29, 0.717) is 19.1 Å². The number of nitrogens with one attached hydrogen (secondary N) is 2. The van der Waals surface area contributed by atoms with E-state index in [1.165, 1.54) is 12.8 Å². The quantitative estimate of drug-likeness (QED) is 0.655. The van der Waals surface area contributed by atoms with Crippen LogP contribution in [0.2, 0.25) is 0 Å². The summed E-state index contributed by atoms with van der Waals surface area (Å²) in [6.45, 7) is 5.41. The van der Waals surface area contributed by atoms with Crippen LogP contribution in [0.1, 0.15) is 46.0 Å². The fourth-order valence-corrected chi connectivity index (χ4v) is 4.05. The van der Waals surface area contributed by atoms with Crippen LogP contribution in [-0.4, -0.2) is 45.0 Å². The number of hydrogen-bond acceptors (Lipinski definition) is 4. The van der Waals surface area contributed by atoms with Crippen molar-refractivity contribution in [2.75, 3.05) is 18.9 Å². The van der Waals surface area contributed by atoms with Crippen LogP contribution in [0.15, 0.2) is 0 Å². The SMILES string of the molecule is CC1OCCC1(C)NS(=O)(=O)CCCCNC1CC1. The lowest BCUT2D eigenvalue weighted by Crippen LogP contribution is -2.51. The summed E-state index contributed by atoms with van der Waals surface area (Å²) >= 11 is 0. The Bertz CT molecular complexity index is 395. The molecule has 0 aromatic carbocycles. The number of rotatable bonds is 8. The summed E-state index contributed by atoms with van der Waals surface area (Å²) in [5, 5.41) is 3.40. The Hall–Kier alpha value is -0.170. The summed E-state index contributed by atoms with van der Waals surface area (Å²) in [7, 11) is -3.20. The van der Waals surface area contributed by atoms with Crippen molar-refractivity contribution in [3.63, 3.8) is 0 Å². The first-order valence-electron chi connectivity index (χ1n) is 7.28. The Morgan fingerprint density at radius 2 is 2.05 bits per heavy atom. The predicted octanol–water partition coefficient (Wildman–Crippen LogP) is 1.01. The van der Waals surface area contributed by atoms with E-state index in [4.69, 9.17) is 4.74 Å². The number of hydrogen-bond donors (Lipinski definition) is 2. The molecule has 19 heavy (non-hydrogen) atoms. The van der Waals surface area contributed by atoms with Gasteiger partial charge in [0.1, 0.15) is 0 Å². The van der Waals surface area contributed by atoms with Crippen LogP contribution < -0.4 is 10.0 Å². The van der Waals surface area contributed by atoms with Crippen molar-refractivity contribution in [2.24, 2.45) is 0 Å². The molecule has 0 aromatic heterocycles. The average molecular weight is 290 g/mol. The minimum Gasteiger partial charge on any atom is -0.376 e. The van der Waals surface area contributed by atoms with Crippen molar-refractivity contribution < 1.29 is 13.2 Å². The van der Waals surface area contributed by atoms with Gasteiger partial charge in [-0.3, -0.25) is 0 Å². The molecule has 2 rings (SSSR count). The lowest BCUT2D eigenvalue weighted by atomic mass is 9.97. The highest BCUT2D eigenvalue weighted by molar-refractivity contribution is 7.89. The zero-order valence-corrected chi connectivity index (χ0v) is 12.8. The van der Waals surface area contributed by atoms with Crippen molar-refractivity contribution in [3.05, 3.63) is 0 Å². The number of unbranched alkanes of at least 4 members (excludes halogenated alkanes) is 1. The molecular weight excluding hydrogens is 264 g/mol. The van der Waals surface area contributed by atoms with Crippen LogP contribution in [0.5, 0.6) is 0 Å². The molecule has 1 saturated heterocycles. The van der Waals surface area contributed by atoms with Gasteiger partial charge in [0, 0.05) is 12.6 Å². The molecule has 1 saturated carbocycles. The van der Waals surface area contributed by atoms with Gasteiger partial charge in [0.2, 0.25) is 10.0 Å². The topological polar surface area (TPSA) is 67.4 Å². The Labute approximate surface area is 116 Å². The van der Waals surface area contributed by atoms with Gasteiger partial charge in [-0.05, 0) is 52.5 Å². The van der Waals surface area contributed by atoms with Crippen LogP contribution in [0.4, 0.5) is 0 Å². The Balaban J connectivity index is 1.68. The molecule has 6 heteroatoms. The van der Waals surface area contributed by atoms with Gasteiger partial charge in [-0.2, -0.15) is 0 Å². The summed E-state index contributed by atoms with van der Waals surface area (Å²) < 4.78 is 32.4. The molecule has 0 amide bonds. The maximum Gasteiger partial charge on any atom is 0.212 e. The third-order valence-electron chi connectivity index (χ3n) is 4.13. The highest BCUT2D eigenvalue weighted by Gasteiger charge is 2.39. The van der Waals surface area contributed by atoms with E-state index >= 15 is 0 Å². The molecule has 1 aliphatic carbocycles. The van der Waals surface area contributed by atoms with Crippen molar-refractivity contribution in [1.82, 2.24) is 10.0 Å². The molecule has 2 aliphatic rings. The molecule has 112 valence electrons. The monoisotopic (exact) mass is 290 g/mol. The molecule has 2 N–H and O–H groups in total. The smallest absolute Gasteiger partial charge is 0.212 e. The van der Waals surface area contributed by atoms with E-state index in [1.807, 2.05) is 13.8 Å². The van der Waals surface area contributed by atoms with E-state index in [9.17, 15) is 8.42 Å². The minimum atomic E-state index is -3.20. The minimum absolute atomic E-state index is 0.0567. The third kappa shape index (κ3) is 4.70. The normalized spacial score (nSPS) is 31.8. The van der Waals surface area contributed by atoms with Gasteiger partial charge in [0.25, 0.3) is 0 Å². The zero-order chi connectivity index (χ0) is 13.9. The summed E-state index contributed by atoms with van der Waals surface area (Å²) in [5.74, 6) is 0.210. The van der Waals surface area contributed by atoms with Gasteiger partial charge < -0.3 is 10.1 Å². The van der Waals surface area contributed by atoms with E-state index in [-0.39, 0.29) is 11.9 Å². The van der Waals surface area contributed by atoms with Gasteiger partial charge in [0.15, 0.2) is 0 Å². The van der Waals surface area contributed by atoms with E-state index in [1.54, 1.807) is 0 Å². The van der Waals surface area contributed by atoms with Crippen molar-refractivity contribution in [2.45, 2.75) is 63.6 Å². The fourth-order valence-electron chi connectivity index (χ4n) is 2.39. The summed E-state index contributed by atoms with van der Waals surface area (Å²) in [6.07, 6.45) is 4.86. The summed E-state index contributed by atoms with van der Waals surface area (Å²) in [5.41, 5.74) is -0.439. The molecule has 2 fully saturated rings. The number of ether oxygens (including phenoxy) is 1. The summed E-state index contributed by atoms with van der Waals surface area (Å²) in [6, 6.07) is 0.699. The predicted molar refractivity (Wildman–Crippen MR) is 75.6 cm³/mol. The van der Waals surface area contributed by atoms with Crippen LogP contribution >= 0.6 is 0 Å². The van der Waals surface area contributed by atoms with Crippen LogP contribution in [0.25, 0.3) is 0 Å². The highest BCUT2D eigenvalue weighted by Crippen LogP contribution is 2.26. The van der Waals surface area contributed by atoms with Crippen molar-refractivity contribution in [3.8, 4) is 0 Å². The maximum atomic E-state index is 12.1. The zero-order valence-electron chi connectivity index (χ0n) is 11.9.